The van der Waals surface area contributed by atoms with Crippen LogP contribution in [0.4, 0.5) is 5.69 Å². The third kappa shape index (κ3) is 2.14. The molecule has 1 heterocycles. The van der Waals surface area contributed by atoms with E-state index < -0.39 is 4.92 Å². The number of phenols is 1. The molecule has 2 aromatic carbocycles. The molecule has 21 heavy (non-hydrogen) atoms. The zero-order chi connectivity index (χ0) is 15.0. The second kappa shape index (κ2) is 4.78. The van der Waals surface area contributed by atoms with Crippen molar-refractivity contribution >= 4 is 16.7 Å². The van der Waals surface area contributed by atoms with Gasteiger partial charge in [0.25, 0.3) is 5.69 Å². The summed E-state index contributed by atoms with van der Waals surface area (Å²) < 4.78 is 4.98. The van der Waals surface area contributed by atoms with E-state index in [0.717, 1.165) is 5.52 Å². The minimum atomic E-state index is -0.548. The molecule has 0 unspecified atom stereocenters. The molecule has 3 aromatic rings. The number of H-pyrrole nitrogens is 1. The maximum absolute atomic E-state index is 11.0. The molecule has 1 aromatic heterocycles. The Morgan fingerprint density at radius 2 is 2.10 bits per heavy atom. The van der Waals surface area contributed by atoms with Gasteiger partial charge < -0.3 is 14.8 Å². The summed E-state index contributed by atoms with van der Waals surface area (Å²) in [5.74, 6) is 0.178. The summed E-state index contributed by atoms with van der Waals surface area (Å²) in [5.41, 5.74) is 1.52. The first-order valence-electron chi connectivity index (χ1n) is 6.10. The Kier molecular flexibility index (Phi) is 2.94. The monoisotopic (exact) mass is 285 g/mol. The van der Waals surface area contributed by atoms with Crippen LogP contribution in [0.25, 0.3) is 22.4 Å². The summed E-state index contributed by atoms with van der Waals surface area (Å²) in [5, 5.41) is 21.1. The van der Waals surface area contributed by atoms with Crippen LogP contribution in [0.15, 0.2) is 36.4 Å². The van der Waals surface area contributed by atoms with E-state index in [1.807, 2.05) is 18.2 Å². The van der Waals surface area contributed by atoms with Crippen LogP contribution >= 0.6 is 0 Å². The number of rotatable bonds is 3. The van der Waals surface area contributed by atoms with Crippen LogP contribution in [0.1, 0.15) is 0 Å². The number of hydrogen-bond acceptors (Lipinski definition) is 5. The highest BCUT2D eigenvalue weighted by Gasteiger charge is 2.20. The Morgan fingerprint density at radius 3 is 2.76 bits per heavy atom. The molecule has 0 saturated heterocycles. The van der Waals surface area contributed by atoms with Crippen molar-refractivity contribution in [2.75, 3.05) is 7.11 Å². The first-order chi connectivity index (χ1) is 10.1. The minimum Gasteiger partial charge on any atom is -0.504 e. The number of hydrogen-bond donors (Lipinski definition) is 2. The van der Waals surface area contributed by atoms with Crippen molar-refractivity contribution in [3.8, 4) is 22.9 Å². The molecule has 0 bridgehead atoms. The molecule has 0 radical (unpaired) electrons. The van der Waals surface area contributed by atoms with Gasteiger partial charge in [-0.3, -0.25) is 10.1 Å². The fourth-order valence-electron chi connectivity index (χ4n) is 2.12. The van der Waals surface area contributed by atoms with Gasteiger partial charge in [0.1, 0.15) is 5.82 Å². The predicted molar refractivity (Wildman–Crippen MR) is 76.4 cm³/mol. The first-order valence-corrected chi connectivity index (χ1v) is 6.10. The zero-order valence-electron chi connectivity index (χ0n) is 11.0. The van der Waals surface area contributed by atoms with Crippen molar-refractivity contribution in [3.63, 3.8) is 0 Å². The zero-order valence-corrected chi connectivity index (χ0v) is 11.0. The van der Waals surface area contributed by atoms with Gasteiger partial charge in [-0.15, -0.1) is 0 Å². The third-order valence-electron chi connectivity index (χ3n) is 3.13. The van der Waals surface area contributed by atoms with Crippen LogP contribution in [-0.2, 0) is 0 Å². The average Bonchev–Trinajstić information content (AvgIpc) is 2.90. The van der Waals surface area contributed by atoms with Gasteiger partial charge >= 0.3 is 0 Å². The normalized spacial score (nSPS) is 10.7. The highest BCUT2D eigenvalue weighted by Crippen LogP contribution is 2.39. The predicted octanol–water partition coefficient (Wildman–Crippen LogP) is 2.85. The number of nitro benzene ring substituents is 1. The molecule has 7 nitrogen and oxygen atoms in total. The van der Waals surface area contributed by atoms with Crippen molar-refractivity contribution in [2.45, 2.75) is 0 Å². The molecule has 0 amide bonds. The van der Waals surface area contributed by atoms with Crippen LogP contribution in [0.5, 0.6) is 11.5 Å². The van der Waals surface area contributed by atoms with Crippen molar-refractivity contribution in [2.24, 2.45) is 0 Å². The Labute approximate surface area is 119 Å². The van der Waals surface area contributed by atoms with Gasteiger partial charge in [0.15, 0.2) is 11.5 Å². The van der Waals surface area contributed by atoms with Gasteiger partial charge in [-0.2, -0.15) is 0 Å². The molecule has 0 fully saturated rings. The van der Waals surface area contributed by atoms with Gasteiger partial charge in [-0.1, -0.05) is 12.1 Å². The Hall–Kier alpha value is -3.09. The van der Waals surface area contributed by atoms with Crippen molar-refractivity contribution in [1.82, 2.24) is 9.97 Å². The maximum atomic E-state index is 11.0. The van der Waals surface area contributed by atoms with Gasteiger partial charge in [0.2, 0.25) is 0 Å². The summed E-state index contributed by atoms with van der Waals surface area (Å²) in [7, 11) is 1.33. The molecule has 0 spiro atoms. The second-order valence-corrected chi connectivity index (χ2v) is 4.40. The van der Waals surface area contributed by atoms with Crippen molar-refractivity contribution in [3.05, 3.63) is 46.5 Å². The van der Waals surface area contributed by atoms with Crippen LogP contribution in [0.3, 0.4) is 0 Å². The van der Waals surface area contributed by atoms with Gasteiger partial charge in [0.05, 0.1) is 34.7 Å². The van der Waals surface area contributed by atoms with Crippen LogP contribution in [0, 0.1) is 10.1 Å². The van der Waals surface area contributed by atoms with E-state index >= 15 is 0 Å². The maximum Gasteiger partial charge on any atom is 0.274 e. The number of fused-ring (bicyclic) bond motifs is 1. The van der Waals surface area contributed by atoms with E-state index in [1.54, 1.807) is 6.07 Å². The van der Waals surface area contributed by atoms with E-state index in [2.05, 4.69) is 9.97 Å². The summed E-state index contributed by atoms with van der Waals surface area (Å²) >= 11 is 0. The summed E-state index contributed by atoms with van der Waals surface area (Å²) in [6.45, 7) is 0. The number of aromatic hydroxyl groups is 1. The summed E-state index contributed by atoms with van der Waals surface area (Å²) in [6, 6.07) is 9.74. The first kappa shape index (κ1) is 12.9. The lowest BCUT2D eigenvalue weighted by Gasteiger charge is -2.07. The number of nitrogens with one attached hydrogen (secondary N) is 1. The standard InChI is InChI=1S/C14H11N3O4/c1-21-12-7-8(17(19)20)6-9(13(12)18)14-15-10-4-2-3-5-11(10)16-14/h2-7,18H,1H3,(H,15,16). The van der Waals surface area contributed by atoms with Crippen LogP contribution in [0.2, 0.25) is 0 Å². The second-order valence-electron chi connectivity index (χ2n) is 4.40. The minimum absolute atomic E-state index is 0.0275. The Balaban J connectivity index is 2.24. The fourth-order valence-corrected chi connectivity index (χ4v) is 2.12. The number of nitrogens with zero attached hydrogens (tertiary/aromatic N) is 2. The van der Waals surface area contributed by atoms with Crippen molar-refractivity contribution < 1.29 is 14.8 Å². The highest BCUT2D eigenvalue weighted by atomic mass is 16.6. The van der Waals surface area contributed by atoms with Gasteiger partial charge in [0, 0.05) is 6.07 Å². The lowest BCUT2D eigenvalue weighted by Crippen LogP contribution is -1.93. The van der Waals surface area contributed by atoms with E-state index in [9.17, 15) is 15.2 Å². The molecular formula is C14H11N3O4. The molecule has 0 aliphatic heterocycles. The lowest BCUT2D eigenvalue weighted by molar-refractivity contribution is -0.384. The third-order valence-corrected chi connectivity index (χ3v) is 3.13. The fraction of sp³-hybridized carbons (Fsp3) is 0.0714. The number of methoxy groups -OCH3 is 1. The van der Waals surface area contributed by atoms with Crippen molar-refractivity contribution in [1.29, 1.82) is 0 Å². The van der Waals surface area contributed by atoms with Gasteiger partial charge in [-0.05, 0) is 12.1 Å². The van der Waals surface area contributed by atoms with Crippen LogP contribution < -0.4 is 4.74 Å². The smallest absolute Gasteiger partial charge is 0.274 e. The Bertz CT molecular complexity index is 808. The number of imidazole rings is 1. The number of para-hydroxylation sites is 2. The number of aromatic amines is 1. The SMILES string of the molecule is COc1cc([N+](=O)[O-])cc(-c2nc3ccccc3[nH]2)c1O. The molecular weight excluding hydrogens is 274 g/mol. The number of benzene rings is 2. The molecule has 106 valence electrons. The van der Waals surface area contributed by atoms with Gasteiger partial charge in [-0.25, -0.2) is 4.98 Å². The molecule has 7 heteroatoms. The molecule has 0 aliphatic carbocycles. The van der Waals surface area contributed by atoms with Crippen LogP contribution in [-0.4, -0.2) is 27.1 Å². The molecule has 3 rings (SSSR count). The number of aromatic nitrogens is 2. The molecule has 2 N–H and O–H groups in total. The quantitative estimate of drug-likeness (QED) is 0.569. The number of nitro groups is 1. The highest BCUT2D eigenvalue weighted by molar-refractivity contribution is 5.82. The van der Waals surface area contributed by atoms with E-state index in [-0.39, 0.29) is 22.7 Å². The summed E-state index contributed by atoms with van der Waals surface area (Å²) in [6.07, 6.45) is 0. The van der Waals surface area contributed by atoms with E-state index in [4.69, 9.17) is 4.74 Å². The average molecular weight is 285 g/mol. The topological polar surface area (TPSA) is 101 Å². The molecule has 0 atom stereocenters. The van der Waals surface area contributed by atoms with E-state index in [1.165, 1.54) is 19.2 Å². The number of non-ortho nitro benzene ring substituents is 1. The molecule has 0 aliphatic rings. The summed E-state index contributed by atoms with van der Waals surface area (Å²) in [4.78, 5) is 17.8. The largest absolute Gasteiger partial charge is 0.504 e. The number of ether oxygens (including phenoxy) is 1. The van der Waals surface area contributed by atoms with E-state index in [0.29, 0.717) is 11.3 Å². The lowest BCUT2D eigenvalue weighted by atomic mass is 10.1. The molecule has 0 saturated carbocycles. The Morgan fingerprint density at radius 1 is 1.33 bits per heavy atom. The number of phenolic OH excluding ortho intramolecular Hbond substituents is 1.